The highest BCUT2D eigenvalue weighted by molar-refractivity contribution is 6.29. The molecule has 0 saturated heterocycles. The molecule has 2 aromatic heterocycles. The molecule has 0 unspecified atom stereocenters. The minimum atomic E-state index is -0.164. The molecular weight excluding hydrogens is 266 g/mol. The van der Waals surface area contributed by atoms with Gasteiger partial charge in [0.05, 0.1) is 6.54 Å². The largest absolute Gasteiger partial charge is 0.289 e. The fraction of sp³-hybridized carbons (Fsp3) is 0.500. The van der Waals surface area contributed by atoms with E-state index in [4.69, 9.17) is 11.6 Å². The van der Waals surface area contributed by atoms with Crippen molar-refractivity contribution < 1.29 is 0 Å². The summed E-state index contributed by atoms with van der Waals surface area (Å²) in [5, 5.41) is 4.38. The first-order valence-corrected chi connectivity index (χ1v) is 6.66. The van der Waals surface area contributed by atoms with Gasteiger partial charge < -0.3 is 0 Å². The predicted octanol–water partition coefficient (Wildman–Crippen LogP) is 1.51. The Bertz CT molecular complexity index is 619. The molecule has 6 nitrogen and oxygen atoms in total. The highest BCUT2D eigenvalue weighted by atomic mass is 35.5. The van der Waals surface area contributed by atoms with Crippen molar-refractivity contribution in [2.45, 2.75) is 39.8 Å². The second-order valence-corrected chi connectivity index (χ2v) is 4.56. The lowest BCUT2D eigenvalue weighted by Gasteiger charge is -2.11. The molecule has 0 radical (unpaired) electrons. The summed E-state index contributed by atoms with van der Waals surface area (Å²) < 4.78 is 3.39. The summed E-state index contributed by atoms with van der Waals surface area (Å²) in [4.78, 5) is 20.4. The first-order valence-electron chi connectivity index (χ1n) is 6.28. The molecule has 0 saturated carbocycles. The maximum Gasteiger partial charge on any atom is 0.255 e. The van der Waals surface area contributed by atoms with Gasteiger partial charge in [0, 0.05) is 19.0 Å². The Kier molecular flexibility index (Phi) is 4.31. The van der Waals surface area contributed by atoms with Crippen molar-refractivity contribution in [3.8, 4) is 0 Å². The van der Waals surface area contributed by atoms with Crippen molar-refractivity contribution in [1.29, 1.82) is 0 Å². The lowest BCUT2D eigenvalue weighted by atomic mass is 10.4. The number of aromatic nitrogens is 5. The van der Waals surface area contributed by atoms with E-state index in [1.165, 1.54) is 12.4 Å². The highest BCUT2D eigenvalue weighted by Gasteiger charge is 2.10. The van der Waals surface area contributed by atoms with Crippen molar-refractivity contribution in [2.75, 3.05) is 0 Å². The summed E-state index contributed by atoms with van der Waals surface area (Å²) in [6, 6.07) is 1.32. The monoisotopic (exact) mass is 281 g/mol. The molecule has 7 heteroatoms. The van der Waals surface area contributed by atoms with Crippen molar-refractivity contribution >= 4 is 11.6 Å². The molecule has 0 spiro atoms. The van der Waals surface area contributed by atoms with Crippen molar-refractivity contribution in [3.63, 3.8) is 0 Å². The van der Waals surface area contributed by atoms with Gasteiger partial charge in [-0.1, -0.05) is 25.4 Å². The van der Waals surface area contributed by atoms with Crippen LogP contribution in [-0.2, 0) is 19.5 Å². The Morgan fingerprint density at radius 3 is 2.79 bits per heavy atom. The van der Waals surface area contributed by atoms with Crippen LogP contribution in [0.3, 0.4) is 0 Å². The zero-order valence-corrected chi connectivity index (χ0v) is 11.8. The van der Waals surface area contributed by atoms with Crippen LogP contribution in [0, 0.1) is 0 Å². The van der Waals surface area contributed by atoms with Gasteiger partial charge in [-0.05, 0) is 6.42 Å². The van der Waals surface area contributed by atoms with Crippen LogP contribution in [0.4, 0.5) is 0 Å². The molecule has 0 bridgehead atoms. The van der Waals surface area contributed by atoms with Crippen LogP contribution in [-0.4, -0.2) is 24.3 Å². The summed E-state index contributed by atoms with van der Waals surface area (Å²) >= 11 is 5.81. The molecule has 0 amide bonds. The lowest BCUT2D eigenvalue weighted by molar-refractivity contribution is 0.540. The quantitative estimate of drug-likeness (QED) is 0.779. The number of nitrogens with zero attached hydrogens (tertiary/aromatic N) is 5. The van der Waals surface area contributed by atoms with Crippen LogP contribution >= 0.6 is 11.6 Å². The molecule has 2 aromatic rings. The van der Waals surface area contributed by atoms with Crippen LogP contribution in [0.1, 0.15) is 31.9 Å². The number of hydrogen-bond donors (Lipinski definition) is 0. The van der Waals surface area contributed by atoms with Gasteiger partial charge in [-0.25, -0.2) is 14.6 Å². The molecule has 0 atom stereocenters. The second kappa shape index (κ2) is 5.97. The first-order chi connectivity index (χ1) is 9.15. The summed E-state index contributed by atoms with van der Waals surface area (Å²) in [6.45, 7) is 5.16. The van der Waals surface area contributed by atoms with Gasteiger partial charge in [-0.2, -0.15) is 5.10 Å². The number of halogens is 1. The molecule has 102 valence electrons. The third-order valence-corrected chi connectivity index (χ3v) is 3.00. The maximum atomic E-state index is 12.0. The standard InChI is InChI=1S/C12H16ClN5O/c1-3-5-18-11(14-8-15-18)7-17-10(4-2)16-9(13)6-12(17)19/h6,8H,3-5,7H2,1-2H3. The smallest absolute Gasteiger partial charge is 0.255 e. The molecule has 0 aliphatic heterocycles. The Balaban J connectivity index is 2.38. The third-order valence-electron chi connectivity index (χ3n) is 2.80. The second-order valence-electron chi connectivity index (χ2n) is 4.17. The van der Waals surface area contributed by atoms with Crippen molar-refractivity contribution in [3.05, 3.63) is 39.5 Å². The zero-order valence-electron chi connectivity index (χ0n) is 11.0. The normalized spacial score (nSPS) is 10.9. The van der Waals surface area contributed by atoms with Crippen LogP contribution in [0.15, 0.2) is 17.2 Å². The molecular formula is C12H16ClN5O. The Morgan fingerprint density at radius 1 is 1.32 bits per heavy atom. The fourth-order valence-corrected chi connectivity index (χ4v) is 2.10. The fourth-order valence-electron chi connectivity index (χ4n) is 1.91. The third kappa shape index (κ3) is 3.01. The van der Waals surface area contributed by atoms with E-state index >= 15 is 0 Å². The van der Waals surface area contributed by atoms with Crippen LogP contribution < -0.4 is 5.56 Å². The van der Waals surface area contributed by atoms with Crippen LogP contribution in [0.25, 0.3) is 0 Å². The number of rotatable bonds is 5. The van der Waals surface area contributed by atoms with Gasteiger partial charge in [0.15, 0.2) is 0 Å². The van der Waals surface area contributed by atoms with E-state index in [1.807, 2.05) is 6.92 Å². The summed E-state index contributed by atoms with van der Waals surface area (Å²) in [6.07, 6.45) is 3.10. The van der Waals surface area contributed by atoms with Crippen molar-refractivity contribution in [2.24, 2.45) is 0 Å². The van der Waals surface area contributed by atoms with E-state index in [0.29, 0.717) is 18.8 Å². The van der Waals surface area contributed by atoms with Crippen molar-refractivity contribution in [1.82, 2.24) is 24.3 Å². The topological polar surface area (TPSA) is 65.6 Å². The molecule has 0 aliphatic carbocycles. The average molecular weight is 282 g/mol. The maximum absolute atomic E-state index is 12.0. The molecule has 2 heterocycles. The van der Waals surface area contributed by atoms with E-state index in [1.54, 1.807) is 9.25 Å². The van der Waals surface area contributed by atoms with E-state index in [2.05, 4.69) is 22.0 Å². The number of aryl methyl sites for hydroxylation is 2. The summed E-state index contributed by atoms with van der Waals surface area (Å²) in [5.74, 6) is 1.41. The Hall–Kier alpha value is -1.69. The van der Waals surface area contributed by atoms with Gasteiger partial charge in [0.1, 0.15) is 23.1 Å². The van der Waals surface area contributed by atoms with Gasteiger partial charge >= 0.3 is 0 Å². The summed E-state index contributed by atoms with van der Waals surface area (Å²) in [7, 11) is 0. The zero-order chi connectivity index (χ0) is 13.8. The number of hydrogen-bond acceptors (Lipinski definition) is 4. The Labute approximate surface area is 116 Å². The summed E-state index contributed by atoms with van der Waals surface area (Å²) in [5.41, 5.74) is -0.164. The minimum absolute atomic E-state index is 0.164. The molecule has 0 fully saturated rings. The van der Waals surface area contributed by atoms with Gasteiger partial charge in [-0.3, -0.25) is 9.36 Å². The van der Waals surface area contributed by atoms with E-state index in [0.717, 1.165) is 18.8 Å². The predicted molar refractivity (Wildman–Crippen MR) is 72.3 cm³/mol. The molecule has 19 heavy (non-hydrogen) atoms. The van der Waals surface area contributed by atoms with Crippen LogP contribution in [0.5, 0.6) is 0 Å². The van der Waals surface area contributed by atoms with Gasteiger partial charge in [0.25, 0.3) is 5.56 Å². The molecule has 0 aliphatic rings. The lowest BCUT2D eigenvalue weighted by Crippen LogP contribution is -2.26. The van der Waals surface area contributed by atoms with E-state index in [9.17, 15) is 4.79 Å². The first kappa shape index (κ1) is 13.7. The molecule has 0 aromatic carbocycles. The minimum Gasteiger partial charge on any atom is -0.289 e. The SMILES string of the molecule is CCCn1ncnc1Cn1c(CC)nc(Cl)cc1=O. The Morgan fingerprint density at radius 2 is 2.11 bits per heavy atom. The van der Waals surface area contributed by atoms with Crippen LogP contribution in [0.2, 0.25) is 5.15 Å². The van der Waals surface area contributed by atoms with E-state index < -0.39 is 0 Å². The molecule has 0 N–H and O–H groups in total. The van der Waals surface area contributed by atoms with Gasteiger partial charge in [0.2, 0.25) is 0 Å². The average Bonchev–Trinajstić information content (AvgIpc) is 2.80. The highest BCUT2D eigenvalue weighted by Crippen LogP contribution is 2.06. The molecule has 2 rings (SSSR count). The van der Waals surface area contributed by atoms with Gasteiger partial charge in [-0.15, -0.1) is 0 Å². The van der Waals surface area contributed by atoms with E-state index in [-0.39, 0.29) is 10.7 Å².